The molecule has 0 spiro atoms. The van der Waals surface area contributed by atoms with Crippen LogP contribution in [-0.2, 0) is 0 Å². The molecule has 1 rings (SSSR count). The Morgan fingerprint density at radius 3 is 2.70 bits per heavy atom. The van der Waals surface area contributed by atoms with E-state index in [9.17, 15) is 0 Å². The minimum absolute atomic E-state index is 0.545. The second-order valence-electron chi connectivity index (χ2n) is 2.85. The largest absolute Gasteiger partial charge is 0.401 e. The van der Waals surface area contributed by atoms with E-state index in [2.05, 4.69) is 24.9 Å². The van der Waals surface area contributed by atoms with Crippen molar-refractivity contribution in [3.05, 3.63) is 24.0 Å². The maximum Gasteiger partial charge on any atom is 0.0571 e. The maximum absolute atomic E-state index is 5.63. The minimum Gasteiger partial charge on any atom is -0.401 e. The Morgan fingerprint density at radius 2 is 2.30 bits per heavy atom. The summed E-state index contributed by atoms with van der Waals surface area (Å²) in [7, 11) is 0. The monoisotopic (exact) mass is 138 g/mol. The van der Waals surface area contributed by atoms with Crippen molar-refractivity contribution in [1.29, 1.82) is 0 Å². The number of nitrogens with zero attached hydrogens (tertiary/aromatic N) is 1. The molecule has 2 heteroatoms. The summed E-state index contributed by atoms with van der Waals surface area (Å²) >= 11 is 0. The van der Waals surface area contributed by atoms with Gasteiger partial charge in [0.1, 0.15) is 0 Å². The van der Waals surface area contributed by atoms with Crippen LogP contribution in [0.3, 0.4) is 0 Å². The molecule has 0 atom stereocenters. The van der Waals surface area contributed by atoms with E-state index in [1.165, 1.54) is 0 Å². The van der Waals surface area contributed by atoms with Gasteiger partial charge in [0.05, 0.1) is 6.54 Å². The highest BCUT2D eigenvalue weighted by Crippen LogP contribution is 2.06. The van der Waals surface area contributed by atoms with Crippen molar-refractivity contribution in [3.8, 4) is 0 Å². The van der Waals surface area contributed by atoms with Crippen molar-refractivity contribution < 1.29 is 0 Å². The van der Waals surface area contributed by atoms with Gasteiger partial charge < -0.3 is 10.6 Å². The lowest BCUT2D eigenvalue weighted by molar-refractivity contribution is 0.331. The molecule has 0 aromatic rings. The Labute approximate surface area is 62.0 Å². The first-order chi connectivity index (χ1) is 4.70. The molecule has 10 heavy (non-hydrogen) atoms. The zero-order chi connectivity index (χ0) is 7.56. The Hall–Kier alpha value is -0.920. The van der Waals surface area contributed by atoms with Gasteiger partial charge in [0.25, 0.3) is 0 Å². The van der Waals surface area contributed by atoms with E-state index in [1.54, 1.807) is 0 Å². The van der Waals surface area contributed by atoms with Gasteiger partial charge in [0.2, 0.25) is 0 Å². The van der Waals surface area contributed by atoms with Crippen molar-refractivity contribution in [2.75, 3.05) is 6.54 Å². The van der Waals surface area contributed by atoms with Crippen molar-refractivity contribution in [3.63, 3.8) is 0 Å². The molecule has 0 amide bonds. The maximum atomic E-state index is 5.63. The fourth-order valence-corrected chi connectivity index (χ4v) is 0.948. The van der Waals surface area contributed by atoms with Crippen LogP contribution in [0.1, 0.15) is 13.8 Å². The van der Waals surface area contributed by atoms with E-state index in [4.69, 9.17) is 5.73 Å². The van der Waals surface area contributed by atoms with Gasteiger partial charge in [-0.05, 0) is 32.2 Å². The molecule has 2 nitrogen and oxygen atoms in total. The second-order valence-corrected chi connectivity index (χ2v) is 2.85. The van der Waals surface area contributed by atoms with Gasteiger partial charge in [-0.15, -0.1) is 0 Å². The molecule has 56 valence electrons. The van der Waals surface area contributed by atoms with Crippen LogP contribution in [0.5, 0.6) is 0 Å². The van der Waals surface area contributed by atoms with Crippen molar-refractivity contribution >= 4 is 0 Å². The zero-order valence-corrected chi connectivity index (χ0v) is 6.54. The van der Waals surface area contributed by atoms with Crippen LogP contribution < -0.4 is 5.73 Å². The topological polar surface area (TPSA) is 29.3 Å². The van der Waals surface area contributed by atoms with Gasteiger partial charge in [-0.2, -0.15) is 0 Å². The van der Waals surface area contributed by atoms with Gasteiger partial charge in [0.15, 0.2) is 0 Å². The van der Waals surface area contributed by atoms with Gasteiger partial charge in [0, 0.05) is 11.7 Å². The SMILES string of the molecule is CC(C)N1C=CC=C(N)C1. The molecule has 1 aliphatic heterocycles. The van der Waals surface area contributed by atoms with Crippen LogP contribution in [0.2, 0.25) is 0 Å². The van der Waals surface area contributed by atoms with Crippen LogP contribution in [0.4, 0.5) is 0 Å². The molecule has 1 aliphatic rings. The van der Waals surface area contributed by atoms with Crippen molar-refractivity contribution in [2.45, 2.75) is 19.9 Å². The molecule has 0 aromatic heterocycles. The van der Waals surface area contributed by atoms with E-state index in [0.29, 0.717) is 6.04 Å². The van der Waals surface area contributed by atoms with Crippen LogP contribution >= 0.6 is 0 Å². The molecule has 1 heterocycles. The predicted molar refractivity (Wildman–Crippen MR) is 43.3 cm³/mol. The lowest BCUT2D eigenvalue weighted by atomic mass is 10.2. The van der Waals surface area contributed by atoms with Crippen molar-refractivity contribution in [2.24, 2.45) is 5.73 Å². The highest BCUT2D eigenvalue weighted by atomic mass is 15.1. The van der Waals surface area contributed by atoms with Crippen LogP contribution in [0.25, 0.3) is 0 Å². The number of allylic oxidation sites excluding steroid dienone is 2. The summed E-state index contributed by atoms with van der Waals surface area (Å²) < 4.78 is 0. The smallest absolute Gasteiger partial charge is 0.0571 e. The van der Waals surface area contributed by atoms with Gasteiger partial charge in [-0.1, -0.05) is 0 Å². The zero-order valence-electron chi connectivity index (χ0n) is 6.54. The second kappa shape index (κ2) is 2.78. The highest BCUT2D eigenvalue weighted by Gasteiger charge is 2.06. The summed E-state index contributed by atoms with van der Waals surface area (Å²) in [5.41, 5.74) is 6.57. The van der Waals surface area contributed by atoms with E-state index >= 15 is 0 Å². The third kappa shape index (κ3) is 1.53. The molecule has 0 unspecified atom stereocenters. The van der Waals surface area contributed by atoms with Crippen molar-refractivity contribution in [1.82, 2.24) is 4.90 Å². The molecule has 0 aliphatic carbocycles. The average Bonchev–Trinajstić information content (AvgIpc) is 1.88. The summed E-state index contributed by atoms with van der Waals surface area (Å²) in [4.78, 5) is 2.20. The number of nitrogens with two attached hydrogens (primary N) is 1. The Morgan fingerprint density at radius 1 is 1.60 bits per heavy atom. The molecule has 2 N–H and O–H groups in total. The molecule has 0 saturated heterocycles. The molecule has 0 radical (unpaired) electrons. The predicted octanol–water partition coefficient (Wildman–Crippen LogP) is 1.07. The summed E-state index contributed by atoms with van der Waals surface area (Å²) in [6.07, 6.45) is 6.00. The molecular formula is C8H14N2. The first-order valence-corrected chi connectivity index (χ1v) is 3.58. The van der Waals surface area contributed by atoms with Crippen LogP contribution in [-0.4, -0.2) is 17.5 Å². The van der Waals surface area contributed by atoms with Crippen LogP contribution in [0, 0.1) is 0 Å². The Kier molecular flexibility index (Phi) is 2.00. The molecular weight excluding hydrogens is 124 g/mol. The third-order valence-corrected chi connectivity index (χ3v) is 1.62. The Balaban J connectivity index is 2.55. The Bertz CT molecular complexity index is 168. The molecule has 0 bridgehead atoms. The first kappa shape index (κ1) is 7.19. The normalized spacial score (nSPS) is 17.9. The lowest BCUT2D eigenvalue weighted by Crippen LogP contribution is -2.30. The van der Waals surface area contributed by atoms with E-state index < -0.39 is 0 Å². The fraction of sp³-hybridized carbons (Fsp3) is 0.500. The highest BCUT2D eigenvalue weighted by molar-refractivity contribution is 5.16. The van der Waals surface area contributed by atoms with Gasteiger partial charge in [-0.3, -0.25) is 0 Å². The minimum atomic E-state index is 0.545. The van der Waals surface area contributed by atoms with E-state index in [1.807, 2.05) is 12.2 Å². The standard InChI is InChI=1S/C8H14N2/c1-7(2)10-5-3-4-8(9)6-10/h3-5,7H,6,9H2,1-2H3. The molecule has 0 fully saturated rings. The number of hydrogen-bond acceptors (Lipinski definition) is 2. The summed E-state index contributed by atoms with van der Waals surface area (Å²) in [6.45, 7) is 5.18. The van der Waals surface area contributed by atoms with Crippen LogP contribution in [0.15, 0.2) is 24.0 Å². The average molecular weight is 138 g/mol. The summed E-state index contributed by atoms with van der Waals surface area (Å²) in [5.74, 6) is 0. The summed E-state index contributed by atoms with van der Waals surface area (Å²) in [5, 5.41) is 0. The van der Waals surface area contributed by atoms with E-state index in [-0.39, 0.29) is 0 Å². The van der Waals surface area contributed by atoms with E-state index in [0.717, 1.165) is 12.2 Å². The first-order valence-electron chi connectivity index (χ1n) is 3.58. The molecule has 0 aromatic carbocycles. The van der Waals surface area contributed by atoms with Gasteiger partial charge >= 0.3 is 0 Å². The third-order valence-electron chi connectivity index (χ3n) is 1.62. The number of hydrogen-bond donors (Lipinski definition) is 1. The van der Waals surface area contributed by atoms with Gasteiger partial charge in [-0.25, -0.2) is 0 Å². The number of rotatable bonds is 1. The lowest BCUT2D eigenvalue weighted by Gasteiger charge is -2.26. The fourth-order valence-electron chi connectivity index (χ4n) is 0.948. The molecule has 0 saturated carbocycles. The quantitative estimate of drug-likeness (QED) is 0.587. The summed E-state index contributed by atoms with van der Waals surface area (Å²) in [6, 6.07) is 0.545.